The first-order valence-electron chi connectivity index (χ1n) is 7.74. The number of H-pyrrole nitrogens is 2. The highest BCUT2D eigenvalue weighted by atomic mass is 35.5. The number of fused-ring (bicyclic) bond motifs is 1. The van der Waals surface area contributed by atoms with Crippen LogP contribution in [-0.2, 0) is 6.42 Å². The molecule has 0 saturated carbocycles. The summed E-state index contributed by atoms with van der Waals surface area (Å²) < 4.78 is 0.224. The van der Waals surface area contributed by atoms with Gasteiger partial charge in [0.25, 0.3) is 11.5 Å². The molecule has 0 bridgehead atoms. The van der Waals surface area contributed by atoms with E-state index in [-0.39, 0.29) is 22.3 Å². The maximum atomic E-state index is 12.5. The first-order valence-corrected chi connectivity index (χ1v) is 8.53. The van der Waals surface area contributed by atoms with E-state index in [9.17, 15) is 9.59 Å². The van der Waals surface area contributed by atoms with Crippen LogP contribution >= 0.6 is 23.8 Å². The Hall–Kier alpha value is -2.44. The van der Waals surface area contributed by atoms with Crippen molar-refractivity contribution in [1.82, 2.24) is 15.3 Å². The van der Waals surface area contributed by atoms with Crippen LogP contribution in [0.3, 0.4) is 0 Å². The summed E-state index contributed by atoms with van der Waals surface area (Å²) in [5, 5.41) is 4.08. The van der Waals surface area contributed by atoms with Crippen LogP contribution < -0.4 is 10.9 Å². The van der Waals surface area contributed by atoms with Crippen LogP contribution in [0, 0.1) is 4.77 Å². The van der Waals surface area contributed by atoms with Crippen LogP contribution in [0.15, 0.2) is 47.3 Å². The Labute approximate surface area is 154 Å². The predicted molar refractivity (Wildman–Crippen MR) is 102 cm³/mol. The van der Waals surface area contributed by atoms with Crippen LogP contribution in [-0.4, -0.2) is 21.9 Å². The van der Waals surface area contributed by atoms with Gasteiger partial charge < -0.3 is 10.3 Å². The van der Waals surface area contributed by atoms with E-state index in [4.69, 9.17) is 23.8 Å². The van der Waals surface area contributed by atoms with Crippen LogP contribution in [0.2, 0.25) is 5.02 Å². The highest BCUT2D eigenvalue weighted by molar-refractivity contribution is 7.71. The number of carbonyl (C=O) groups is 1. The molecule has 1 heterocycles. The number of hydrogen-bond donors (Lipinski definition) is 3. The molecule has 5 nitrogen and oxygen atoms in total. The van der Waals surface area contributed by atoms with Gasteiger partial charge in [-0.1, -0.05) is 29.8 Å². The molecule has 0 radical (unpaired) electrons. The lowest BCUT2D eigenvalue weighted by atomic mass is 10.1. The number of rotatable bonds is 4. The van der Waals surface area contributed by atoms with Crippen LogP contribution in [0.1, 0.15) is 22.8 Å². The van der Waals surface area contributed by atoms with E-state index >= 15 is 0 Å². The topological polar surface area (TPSA) is 77.8 Å². The average molecular weight is 374 g/mol. The highest BCUT2D eigenvalue weighted by Crippen LogP contribution is 2.17. The summed E-state index contributed by atoms with van der Waals surface area (Å²) in [5.74, 6) is -0.221. The van der Waals surface area contributed by atoms with Crippen molar-refractivity contribution >= 4 is 40.6 Å². The Balaban J connectivity index is 1.79. The monoisotopic (exact) mass is 373 g/mol. The molecule has 0 fully saturated rings. The second-order valence-electron chi connectivity index (χ2n) is 5.84. The third-order valence-electron chi connectivity index (χ3n) is 3.86. The molecule has 1 unspecified atom stereocenters. The molecular formula is C18H16ClN3O2S. The number of nitrogens with one attached hydrogen (secondary N) is 3. The smallest absolute Gasteiger partial charge is 0.259 e. The lowest BCUT2D eigenvalue weighted by molar-refractivity contribution is 0.0940. The predicted octanol–water partition coefficient (Wildman–Crippen LogP) is 3.60. The van der Waals surface area contributed by atoms with Gasteiger partial charge in [-0.15, -0.1) is 0 Å². The standard InChI is InChI=1S/C18H16ClN3O2S/c1-10(8-11-4-2-3-5-14(11)19)20-16(23)12-6-7-13-15(9-12)21-18(25)22-17(13)24/h2-7,9-10H,8H2,1H3,(H,20,23)(H2,21,22,24,25). The van der Waals surface area contributed by atoms with Gasteiger partial charge in [0.2, 0.25) is 0 Å². The largest absolute Gasteiger partial charge is 0.349 e. The molecule has 7 heteroatoms. The third kappa shape index (κ3) is 3.97. The van der Waals surface area contributed by atoms with Gasteiger partial charge in [-0.05, 0) is 55.4 Å². The highest BCUT2D eigenvalue weighted by Gasteiger charge is 2.13. The molecule has 2 aromatic carbocycles. The van der Waals surface area contributed by atoms with E-state index < -0.39 is 0 Å². The molecule has 3 rings (SSSR count). The molecular weight excluding hydrogens is 358 g/mol. The van der Waals surface area contributed by atoms with Gasteiger partial charge >= 0.3 is 0 Å². The third-order valence-corrected chi connectivity index (χ3v) is 4.44. The van der Waals surface area contributed by atoms with Crippen molar-refractivity contribution in [2.45, 2.75) is 19.4 Å². The van der Waals surface area contributed by atoms with Crippen LogP contribution in [0.25, 0.3) is 10.9 Å². The second-order valence-corrected chi connectivity index (χ2v) is 6.65. The average Bonchev–Trinajstić information content (AvgIpc) is 2.56. The second kappa shape index (κ2) is 7.21. The number of carbonyl (C=O) groups excluding carboxylic acids is 1. The normalized spacial score (nSPS) is 12.1. The summed E-state index contributed by atoms with van der Waals surface area (Å²) in [6, 6.07) is 12.3. The molecule has 0 saturated heterocycles. The molecule has 0 spiro atoms. The number of aromatic nitrogens is 2. The van der Waals surface area contributed by atoms with Crippen molar-refractivity contribution in [3.8, 4) is 0 Å². The first kappa shape index (κ1) is 17.4. The van der Waals surface area contributed by atoms with Gasteiger partial charge in [0.05, 0.1) is 10.9 Å². The summed E-state index contributed by atoms with van der Waals surface area (Å²) in [6.07, 6.45) is 0.626. The van der Waals surface area contributed by atoms with Crippen LogP contribution in [0.4, 0.5) is 0 Å². The minimum Gasteiger partial charge on any atom is -0.349 e. The van der Waals surface area contributed by atoms with E-state index in [1.807, 2.05) is 31.2 Å². The van der Waals surface area contributed by atoms with Gasteiger partial charge in [0, 0.05) is 16.6 Å². The Morgan fingerprint density at radius 2 is 2.00 bits per heavy atom. The maximum absolute atomic E-state index is 12.5. The molecule has 128 valence electrons. The summed E-state index contributed by atoms with van der Waals surface area (Å²) >= 11 is 11.1. The van der Waals surface area contributed by atoms with Gasteiger partial charge in [-0.3, -0.25) is 14.6 Å². The molecule has 0 aliphatic heterocycles. The van der Waals surface area contributed by atoms with Gasteiger partial charge in [-0.2, -0.15) is 0 Å². The van der Waals surface area contributed by atoms with Gasteiger partial charge in [0.15, 0.2) is 4.77 Å². The molecule has 1 atom stereocenters. The fourth-order valence-electron chi connectivity index (χ4n) is 2.66. The number of aromatic amines is 2. The van der Waals surface area contributed by atoms with E-state index in [0.717, 1.165) is 5.56 Å². The summed E-state index contributed by atoms with van der Waals surface area (Å²) in [6.45, 7) is 1.92. The Bertz CT molecular complexity index is 1060. The zero-order chi connectivity index (χ0) is 18.0. The zero-order valence-electron chi connectivity index (χ0n) is 13.4. The minimum atomic E-state index is -0.280. The van der Waals surface area contributed by atoms with Crippen molar-refractivity contribution in [3.63, 3.8) is 0 Å². The molecule has 3 N–H and O–H groups in total. The molecule has 1 amide bonds. The van der Waals surface area contributed by atoms with Crippen molar-refractivity contribution in [2.24, 2.45) is 0 Å². The molecule has 25 heavy (non-hydrogen) atoms. The fraction of sp³-hybridized carbons (Fsp3) is 0.167. The Morgan fingerprint density at radius 1 is 1.24 bits per heavy atom. The van der Waals surface area contributed by atoms with Crippen molar-refractivity contribution in [1.29, 1.82) is 0 Å². The number of amides is 1. The fourth-order valence-corrected chi connectivity index (χ4v) is 3.08. The lowest BCUT2D eigenvalue weighted by Gasteiger charge is -2.15. The molecule has 0 aliphatic rings. The maximum Gasteiger partial charge on any atom is 0.259 e. The SMILES string of the molecule is CC(Cc1ccccc1Cl)NC(=O)c1ccc2c(=O)[nH]c(=S)[nH]c2c1. The van der Waals surface area contributed by atoms with E-state index in [2.05, 4.69) is 15.3 Å². The number of hydrogen-bond acceptors (Lipinski definition) is 3. The zero-order valence-corrected chi connectivity index (χ0v) is 15.0. The van der Waals surface area contributed by atoms with Crippen LogP contribution in [0.5, 0.6) is 0 Å². The summed E-state index contributed by atoms with van der Waals surface area (Å²) in [4.78, 5) is 29.7. The minimum absolute atomic E-state index is 0.0965. The van der Waals surface area contributed by atoms with Gasteiger partial charge in [-0.25, -0.2) is 0 Å². The number of benzene rings is 2. The van der Waals surface area contributed by atoms with E-state index in [1.54, 1.807) is 18.2 Å². The first-order chi connectivity index (χ1) is 11.9. The molecule has 1 aromatic heterocycles. The van der Waals surface area contributed by atoms with Gasteiger partial charge in [0.1, 0.15) is 0 Å². The molecule has 0 aliphatic carbocycles. The van der Waals surface area contributed by atoms with Crippen molar-refractivity contribution in [2.75, 3.05) is 0 Å². The Kier molecular flexibility index (Phi) is 5.01. The Morgan fingerprint density at radius 3 is 2.76 bits per heavy atom. The quantitative estimate of drug-likeness (QED) is 0.611. The lowest BCUT2D eigenvalue weighted by Crippen LogP contribution is -2.34. The number of halogens is 1. The van der Waals surface area contributed by atoms with Crippen molar-refractivity contribution in [3.05, 3.63) is 73.7 Å². The van der Waals surface area contributed by atoms with Crippen molar-refractivity contribution < 1.29 is 4.79 Å². The summed E-state index contributed by atoms with van der Waals surface area (Å²) in [5.41, 5.74) is 1.68. The van der Waals surface area contributed by atoms with E-state index in [0.29, 0.717) is 27.9 Å². The van der Waals surface area contributed by atoms with E-state index in [1.165, 1.54) is 0 Å². The summed E-state index contributed by atoms with van der Waals surface area (Å²) in [7, 11) is 0. The molecule has 3 aromatic rings.